The quantitative estimate of drug-likeness (QED) is 0.804. The van der Waals surface area contributed by atoms with E-state index in [0.29, 0.717) is 0 Å². The topological polar surface area (TPSA) is 35.2 Å². The molecule has 0 bridgehead atoms. The Morgan fingerprint density at radius 2 is 1.95 bits per heavy atom. The summed E-state index contributed by atoms with van der Waals surface area (Å²) >= 11 is 3.53. The van der Waals surface area contributed by atoms with Crippen molar-refractivity contribution >= 4 is 15.9 Å². The van der Waals surface area contributed by atoms with Crippen molar-refractivity contribution in [1.82, 2.24) is 0 Å². The van der Waals surface area contributed by atoms with Gasteiger partial charge in [-0.05, 0) is 43.9 Å². The van der Waals surface area contributed by atoms with Gasteiger partial charge in [0.2, 0.25) is 0 Å². The third-order valence-electron chi connectivity index (χ3n) is 4.40. The van der Waals surface area contributed by atoms with Gasteiger partial charge >= 0.3 is 0 Å². The van der Waals surface area contributed by atoms with E-state index in [2.05, 4.69) is 47.1 Å². The monoisotopic (exact) mass is 339 g/mol. The van der Waals surface area contributed by atoms with E-state index < -0.39 is 0 Å². The van der Waals surface area contributed by atoms with E-state index >= 15 is 0 Å². The van der Waals surface area contributed by atoms with Crippen LogP contribution in [0.1, 0.15) is 51.0 Å². The van der Waals surface area contributed by atoms with Crippen molar-refractivity contribution in [1.29, 1.82) is 0 Å². The number of hydrogen-bond acceptors (Lipinski definition) is 2. The van der Waals surface area contributed by atoms with Gasteiger partial charge < -0.3 is 10.5 Å². The first-order valence-electron chi connectivity index (χ1n) is 7.80. The standard InChI is InChI=1S/C17H26BrNO/c1-2-20-17(10-5-3-4-6-11-17)16(19)13-14-8-7-9-15(18)12-14/h7-9,12,16H,2-6,10-11,13,19H2,1H3. The molecule has 0 radical (unpaired) electrons. The van der Waals surface area contributed by atoms with Crippen LogP contribution in [0.25, 0.3) is 0 Å². The summed E-state index contributed by atoms with van der Waals surface area (Å²) in [6, 6.07) is 8.53. The SMILES string of the molecule is CCOC1(C(N)Cc2cccc(Br)c2)CCCCCC1. The number of rotatable bonds is 5. The molecular formula is C17H26BrNO. The molecule has 1 aromatic carbocycles. The summed E-state index contributed by atoms with van der Waals surface area (Å²) in [6.07, 6.45) is 8.22. The Labute approximate surface area is 131 Å². The molecule has 0 aromatic heterocycles. The highest BCUT2D eigenvalue weighted by atomic mass is 79.9. The highest BCUT2D eigenvalue weighted by Gasteiger charge is 2.37. The molecule has 0 spiro atoms. The Kier molecular flexibility index (Phi) is 6.06. The fourth-order valence-electron chi connectivity index (χ4n) is 3.34. The first-order chi connectivity index (χ1) is 9.66. The lowest BCUT2D eigenvalue weighted by Gasteiger charge is -2.38. The zero-order valence-corrected chi connectivity index (χ0v) is 14.0. The summed E-state index contributed by atoms with van der Waals surface area (Å²) in [7, 11) is 0. The van der Waals surface area contributed by atoms with Crippen LogP contribution in [-0.2, 0) is 11.2 Å². The molecule has 1 fully saturated rings. The third-order valence-corrected chi connectivity index (χ3v) is 4.90. The molecule has 2 nitrogen and oxygen atoms in total. The van der Waals surface area contributed by atoms with Crippen LogP contribution in [0, 0.1) is 0 Å². The van der Waals surface area contributed by atoms with Crippen LogP contribution in [0.3, 0.4) is 0 Å². The van der Waals surface area contributed by atoms with E-state index in [0.717, 1.165) is 30.3 Å². The van der Waals surface area contributed by atoms with Crippen molar-refractivity contribution in [3.63, 3.8) is 0 Å². The summed E-state index contributed by atoms with van der Waals surface area (Å²) in [6.45, 7) is 2.84. The minimum absolute atomic E-state index is 0.0786. The van der Waals surface area contributed by atoms with Crippen molar-refractivity contribution in [3.05, 3.63) is 34.3 Å². The maximum Gasteiger partial charge on any atom is 0.0835 e. The van der Waals surface area contributed by atoms with Crippen LogP contribution < -0.4 is 5.73 Å². The number of ether oxygens (including phenoxy) is 1. The maximum atomic E-state index is 6.58. The molecule has 1 aromatic rings. The van der Waals surface area contributed by atoms with Gasteiger partial charge in [0.25, 0.3) is 0 Å². The van der Waals surface area contributed by atoms with Crippen LogP contribution in [0.2, 0.25) is 0 Å². The molecule has 0 saturated heterocycles. The smallest absolute Gasteiger partial charge is 0.0835 e. The van der Waals surface area contributed by atoms with E-state index in [-0.39, 0.29) is 11.6 Å². The molecule has 112 valence electrons. The second-order valence-corrected chi connectivity index (χ2v) is 6.77. The van der Waals surface area contributed by atoms with Crippen molar-refractivity contribution in [3.8, 4) is 0 Å². The highest BCUT2D eigenvalue weighted by Crippen LogP contribution is 2.34. The molecule has 0 amide bonds. The maximum absolute atomic E-state index is 6.58. The van der Waals surface area contributed by atoms with Crippen molar-refractivity contribution in [2.45, 2.75) is 63.5 Å². The van der Waals surface area contributed by atoms with Gasteiger partial charge in [-0.1, -0.05) is 53.7 Å². The molecule has 3 heteroatoms. The van der Waals surface area contributed by atoms with Gasteiger partial charge in [-0.3, -0.25) is 0 Å². The highest BCUT2D eigenvalue weighted by molar-refractivity contribution is 9.10. The van der Waals surface area contributed by atoms with E-state index in [1.54, 1.807) is 0 Å². The Bertz CT molecular complexity index is 413. The zero-order chi connectivity index (χ0) is 14.4. The Morgan fingerprint density at radius 1 is 1.25 bits per heavy atom. The zero-order valence-electron chi connectivity index (χ0n) is 12.4. The van der Waals surface area contributed by atoms with E-state index in [4.69, 9.17) is 10.5 Å². The number of benzene rings is 1. The summed E-state index contributed by atoms with van der Waals surface area (Å²) in [5.74, 6) is 0. The van der Waals surface area contributed by atoms with Gasteiger partial charge in [-0.2, -0.15) is 0 Å². The van der Waals surface area contributed by atoms with Gasteiger partial charge in [0.05, 0.1) is 5.60 Å². The normalized spacial score (nSPS) is 20.4. The molecule has 1 aliphatic carbocycles. The van der Waals surface area contributed by atoms with Crippen LogP contribution in [0.15, 0.2) is 28.7 Å². The molecule has 1 saturated carbocycles. The van der Waals surface area contributed by atoms with Crippen molar-refractivity contribution < 1.29 is 4.74 Å². The lowest BCUT2D eigenvalue weighted by atomic mass is 9.83. The Morgan fingerprint density at radius 3 is 2.55 bits per heavy atom. The molecule has 1 atom stereocenters. The number of halogens is 1. The van der Waals surface area contributed by atoms with Crippen molar-refractivity contribution in [2.75, 3.05) is 6.61 Å². The lowest BCUT2D eigenvalue weighted by molar-refractivity contribution is -0.0683. The fourth-order valence-corrected chi connectivity index (χ4v) is 3.79. The summed E-state index contributed by atoms with van der Waals surface area (Å²) < 4.78 is 7.30. The first-order valence-corrected chi connectivity index (χ1v) is 8.59. The van der Waals surface area contributed by atoms with E-state index in [1.165, 1.54) is 31.2 Å². The van der Waals surface area contributed by atoms with Crippen LogP contribution >= 0.6 is 15.9 Å². The van der Waals surface area contributed by atoms with Gasteiger partial charge in [0, 0.05) is 17.1 Å². The van der Waals surface area contributed by atoms with Gasteiger partial charge in [-0.25, -0.2) is 0 Å². The predicted molar refractivity (Wildman–Crippen MR) is 87.9 cm³/mol. The fraction of sp³-hybridized carbons (Fsp3) is 0.647. The van der Waals surface area contributed by atoms with Gasteiger partial charge in [0.1, 0.15) is 0 Å². The summed E-state index contributed by atoms with van der Waals surface area (Å²) in [4.78, 5) is 0. The van der Waals surface area contributed by atoms with Gasteiger partial charge in [-0.15, -0.1) is 0 Å². The minimum atomic E-state index is -0.117. The predicted octanol–water partition coefficient (Wildman–Crippen LogP) is 4.45. The van der Waals surface area contributed by atoms with E-state index in [9.17, 15) is 0 Å². The average molecular weight is 340 g/mol. The van der Waals surface area contributed by atoms with Crippen LogP contribution in [0.4, 0.5) is 0 Å². The van der Waals surface area contributed by atoms with Crippen LogP contribution in [-0.4, -0.2) is 18.2 Å². The molecule has 0 heterocycles. The lowest BCUT2D eigenvalue weighted by Crippen LogP contribution is -2.51. The molecule has 20 heavy (non-hydrogen) atoms. The Hall–Kier alpha value is -0.380. The minimum Gasteiger partial charge on any atom is -0.374 e. The molecule has 2 N–H and O–H groups in total. The molecule has 1 unspecified atom stereocenters. The second-order valence-electron chi connectivity index (χ2n) is 5.85. The average Bonchev–Trinajstić information content (AvgIpc) is 2.66. The van der Waals surface area contributed by atoms with Crippen molar-refractivity contribution in [2.24, 2.45) is 5.73 Å². The molecule has 0 aliphatic heterocycles. The third kappa shape index (κ3) is 4.06. The first kappa shape index (κ1) is 16.0. The second kappa shape index (κ2) is 7.58. The number of hydrogen-bond donors (Lipinski definition) is 1. The van der Waals surface area contributed by atoms with Gasteiger partial charge in [0.15, 0.2) is 0 Å². The van der Waals surface area contributed by atoms with Crippen LogP contribution in [0.5, 0.6) is 0 Å². The summed E-state index contributed by atoms with van der Waals surface area (Å²) in [5, 5.41) is 0. The Balaban J connectivity index is 2.11. The largest absolute Gasteiger partial charge is 0.374 e. The molecule has 1 aliphatic rings. The van der Waals surface area contributed by atoms with E-state index in [1.807, 2.05) is 0 Å². The number of nitrogens with two attached hydrogens (primary N) is 1. The summed E-state index contributed by atoms with van der Waals surface area (Å²) in [5.41, 5.74) is 7.75. The molecular weight excluding hydrogens is 314 g/mol. The molecule has 2 rings (SSSR count).